The van der Waals surface area contributed by atoms with Crippen molar-refractivity contribution in [3.63, 3.8) is 0 Å². The van der Waals surface area contributed by atoms with E-state index in [1.165, 1.54) is 18.2 Å². The Balaban J connectivity index is 2.21. The SMILES string of the molecule is Cc1cc(C)cc(S(=O)(=O)c2c(C(=O)N[C@H](N)CC(N)=O)[nH]c3ccc(Cl)cc23)c1. The molecule has 0 bridgehead atoms. The molecule has 0 spiro atoms. The molecule has 0 fully saturated rings. The van der Waals surface area contributed by atoms with Gasteiger partial charge >= 0.3 is 0 Å². The molecule has 10 heteroatoms. The van der Waals surface area contributed by atoms with Gasteiger partial charge in [-0.1, -0.05) is 17.7 Å². The molecule has 6 N–H and O–H groups in total. The number of amides is 2. The van der Waals surface area contributed by atoms with Gasteiger partial charge in [-0.15, -0.1) is 0 Å². The number of aromatic nitrogens is 1. The molecule has 1 aromatic heterocycles. The van der Waals surface area contributed by atoms with Crippen molar-refractivity contribution in [2.75, 3.05) is 0 Å². The molecule has 0 aliphatic carbocycles. The molecule has 0 saturated carbocycles. The summed E-state index contributed by atoms with van der Waals surface area (Å²) in [5.41, 5.74) is 12.6. The van der Waals surface area contributed by atoms with Crippen LogP contribution < -0.4 is 16.8 Å². The van der Waals surface area contributed by atoms with E-state index < -0.39 is 27.8 Å². The summed E-state index contributed by atoms with van der Waals surface area (Å²) < 4.78 is 27.1. The molecular weight excluding hydrogens is 428 g/mol. The highest BCUT2D eigenvalue weighted by molar-refractivity contribution is 7.91. The van der Waals surface area contributed by atoms with Crippen molar-refractivity contribution in [2.24, 2.45) is 11.5 Å². The Bertz CT molecular complexity index is 1250. The third-order valence-electron chi connectivity index (χ3n) is 4.45. The first-order chi connectivity index (χ1) is 14.0. The molecule has 0 saturated heterocycles. The monoisotopic (exact) mass is 448 g/mol. The molecule has 1 atom stereocenters. The summed E-state index contributed by atoms with van der Waals surface area (Å²) in [6.07, 6.45) is -1.36. The van der Waals surface area contributed by atoms with Crippen LogP contribution in [0.3, 0.4) is 0 Å². The largest absolute Gasteiger partial charge is 0.370 e. The van der Waals surface area contributed by atoms with Gasteiger partial charge in [0.2, 0.25) is 15.7 Å². The van der Waals surface area contributed by atoms with Gasteiger partial charge in [0.1, 0.15) is 10.6 Å². The number of benzene rings is 2. The topological polar surface area (TPSA) is 148 Å². The number of nitrogens with one attached hydrogen (secondary N) is 2. The summed E-state index contributed by atoms with van der Waals surface area (Å²) in [7, 11) is -4.10. The number of hydrogen-bond donors (Lipinski definition) is 4. The van der Waals surface area contributed by atoms with E-state index in [1.807, 2.05) is 6.07 Å². The van der Waals surface area contributed by atoms with Gasteiger partial charge in [0, 0.05) is 15.9 Å². The van der Waals surface area contributed by atoms with Crippen LogP contribution in [0, 0.1) is 13.8 Å². The number of halogens is 1. The van der Waals surface area contributed by atoms with Crippen molar-refractivity contribution in [2.45, 2.75) is 36.2 Å². The lowest BCUT2D eigenvalue weighted by molar-refractivity contribution is -0.118. The van der Waals surface area contributed by atoms with E-state index >= 15 is 0 Å². The first-order valence-electron chi connectivity index (χ1n) is 8.98. The van der Waals surface area contributed by atoms with Gasteiger partial charge in [0.25, 0.3) is 5.91 Å². The van der Waals surface area contributed by atoms with Crippen molar-refractivity contribution < 1.29 is 18.0 Å². The van der Waals surface area contributed by atoms with Crippen molar-refractivity contribution in [1.29, 1.82) is 0 Å². The zero-order chi connectivity index (χ0) is 22.2. The Morgan fingerprint density at radius 3 is 2.37 bits per heavy atom. The maximum Gasteiger partial charge on any atom is 0.270 e. The lowest BCUT2D eigenvalue weighted by Gasteiger charge is -2.13. The second-order valence-electron chi connectivity index (χ2n) is 7.10. The fourth-order valence-electron chi connectivity index (χ4n) is 3.29. The van der Waals surface area contributed by atoms with Gasteiger partial charge in [-0.2, -0.15) is 0 Å². The molecule has 8 nitrogen and oxygen atoms in total. The summed E-state index contributed by atoms with van der Waals surface area (Å²) in [4.78, 5) is 26.6. The molecular formula is C20H21ClN4O4S. The minimum atomic E-state index is -4.10. The smallest absolute Gasteiger partial charge is 0.270 e. The molecule has 2 amide bonds. The minimum Gasteiger partial charge on any atom is -0.370 e. The lowest BCUT2D eigenvalue weighted by Crippen LogP contribution is -2.44. The summed E-state index contributed by atoms with van der Waals surface area (Å²) in [6.45, 7) is 3.57. The van der Waals surface area contributed by atoms with Crippen LogP contribution in [0.5, 0.6) is 0 Å². The fourth-order valence-corrected chi connectivity index (χ4v) is 5.25. The zero-order valence-electron chi connectivity index (χ0n) is 16.3. The first kappa shape index (κ1) is 21.8. The maximum absolute atomic E-state index is 13.6. The van der Waals surface area contributed by atoms with Crippen LogP contribution in [0.2, 0.25) is 5.02 Å². The Labute approximate surface area is 178 Å². The van der Waals surface area contributed by atoms with Gasteiger partial charge in [0.05, 0.1) is 17.5 Å². The van der Waals surface area contributed by atoms with Crippen molar-refractivity contribution in [3.05, 3.63) is 58.2 Å². The summed E-state index contributed by atoms with van der Waals surface area (Å²) >= 11 is 6.09. The molecule has 3 rings (SSSR count). The van der Waals surface area contributed by atoms with Gasteiger partial charge in [-0.25, -0.2) is 8.42 Å². The number of primary amides is 1. The average Bonchev–Trinajstić information content (AvgIpc) is 2.99. The number of aryl methyl sites for hydroxylation is 2. The quantitative estimate of drug-likeness (QED) is 0.426. The van der Waals surface area contributed by atoms with Crippen LogP contribution in [0.1, 0.15) is 28.0 Å². The number of fused-ring (bicyclic) bond motifs is 1. The van der Waals surface area contributed by atoms with Gasteiger partial charge < -0.3 is 21.8 Å². The molecule has 0 aliphatic heterocycles. The van der Waals surface area contributed by atoms with E-state index in [4.69, 9.17) is 23.1 Å². The summed E-state index contributed by atoms with van der Waals surface area (Å²) in [5.74, 6) is -1.48. The molecule has 30 heavy (non-hydrogen) atoms. The normalized spacial score (nSPS) is 12.7. The Morgan fingerprint density at radius 2 is 1.77 bits per heavy atom. The molecule has 0 radical (unpaired) electrons. The number of aromatic amines is 1. The average molecular weight is 449 g/mol. The Kier molecular flexibility index (Phi) is 5.89. The van der Waals surface area contributed by atoms with Crippen LogP contribution in [0.4, 0.5) is 0 Å². The minimum absolute atomic E-state index is 0.0522. The number of hydrogen-bond acceptors (Lipinski definition) is 5. The van der Waals surface area contributed by atoms with Crippen molar-refractivity contribution in [3.8, 4) is 0 Å². The number of rotatable bonds is 6. The van der Waals surface area contributed by atoms with Crippen molar-refractivity contribution in [1.82, 2.24) is 10.3 Å². The van der Waals surface area contributed by atoms with Gasteiger partial charge in [-0.3, -0.25) is 9.59 Å². The second-order valence-corrected chi connectivity index (χ2v) is 9.42. The molecule has 0 unspecified atom stereocenters. The van der Waals surface area contributed by atoms with Crippen molar-refractivity contribution >= 4 is 44.2 Å². The van der Waals surface area contributed by atoms with Crippen LogP contribution in [0.25, 0.3) is 10.9 Å². The van der Waals surface area contributed by atoms with Crippen LogP contribution in [0.15, 0.2) is 46.2 Å². The highest BCUT2D eigenvalue weighted by Crippen LogP contribution is 2.34. The second kappa shape index (κ2) is 8.10. The predicted octanol–water partition coefficient (Wildman–Crippen LogP) is 2.16. The Hall–Kier alpha value is -2.88. The lowest BCUT2D eigenvalue weighted by atomic mass is 10.2. The van der Waals surface area contributed by atoms with E-state index in [-0.39, 0.29) is 27.3 Å². The third kappa shape index (κ3) is 4.33. The molecule has 2 aromatic carbocycles. The number of carbonyl (C=O) groups excluding carboxylic acids is 2. The van der Waals surface area contributed by atoms with Gasteiger partial charge in [-0.05, 0) is 55.3 Å². The van der Waals surface area contributed by atoms with Gasteiger partial charge in [0.15, 0.2) is 0 Å². The standard InChI is InChI=1S/C20H21ClN4O4S/c1-10-5-11(2)7-13(6-10)30(28,29)19-14-8-12(21)3-4-15(14)24-18(19)20(27)25-16(22)9-17(23)26/h3-8,16,24H,9,22H2,1-2H3,(H2,23,26)(H,25,27)/t16-/m0/s1. The molecule has 1 heterocycles. The maximum atomic E-state index is 13.6. The number of carbonyl (C=O) groups is 2. The predicted molar refractivity (Wildman–Crippen MR) is 114 cm³/mol. The first-order valence-corrected chi connectivity index (χ1v) is 10.8. The summed E-state index contributed by atoms with van der Waals surface area (Å²) in [5, 5.41) is 2.99. The molecule has 158 valence electrons. The van der Waals surface area contributed by atoms with E-state index in [0.29, 0.717) is 10.5 Å². The number of H-pyrrole nitrogens is 1. The number of nitrogens with two attached hydrogens (primary N) is 2. The third-order valence-corrected chi connectivity index (χ3v) is 6.50. The van der Waals surface area contributed by atoms with Crippen LogP contribution in [-0.4, -0.2) is 31.4 Å². The number of sulfone groups is 1. The zero-order valence-corrected chi connectivity index (χ0v) is 17.9. The van der Waals surface area contributed by atoms with Crippen LogP contribution in [-0.2, 0) is 14.6 Å². The van der Waals surface area contributed by atoms with Crippen LogP contribution >= 0.6 is 11.6 Å². The van der Waals surface area contributed by atoms with E-state index in [2.05, 4.69) is 10.3 Å². The molecule has 3 aromatic rings. The molecule has 0 aliphatic rings. The highest BCUT2D eigenvalue weighted by atomic mass is 35.5. The van der Waals surface area contributed by atoms with E-state index in [1.54, 1.807) is 26.0 Å². The summed E-state index contributed by atoms with van der Waals surface area (Å²) in [6, 6.07) is 9.55. The highest BCUT2D eigenvalue weighted by Gasteiger charge is 2.30. The van der Waals surface area contributed by atoms with E-state index in [0.717, 1.165) is 11.1 Å². The fraction of sp³-hybridized carbons (Fsp3) is 0.200. The van der Waals surface area contributed by atoms with E-state index in [9.17, 15) is 18.0 Å². The Morgan fingerprint density at radius 1 is 1.13 bits per heavy atom.